The number of aldehydes is 1. The van der Waals surface area contributed by atoms with Gasteiger partial charge in [-0.05, 0) is 35.4 Å². The molecule has 0 N–H and O–H groups in total. The van der Waals surface area contributed by atoms with Gasteiger partial charge in [0.15, 0.2) is 6.29 Å². The molecule has 0 aliphatic carbocycles. The van der Waals surface area contributed by atoms with Gasteiger partial charge in [-0.2, -0.15) is 0 Å². The molecule has 0 amide bonds. The standard InChI is InChI=1S/C11H8O.C10H9N/c12-8-10-6-3-5-9-4-1-2-7-11(9)10;1-8-6-7-11-10-5-3-2-4-9(8)10/h1-8H;2-7H,1H3. The van der Waals surface area contributed by atoms with Crippen molar-refractivity contribution in [1.29, 1.82) is 0 Å². The normalized spacial score (nSPS) is 10.1. The number of fused-ring (bicyclic) bond motifs is 2. The van der Waals surface area contributed by atoms with Gasteiger partial charge in [0.05, 0.1) is 5.52 Å². The van der Waals surface area contributed by atoms with E-state index in [1.165, 1.54) is 10.9 Å². The molecule has 0 spiro atoms. The highest BCUT2D eigenvalue weighted by molar-refractivity contribution is 5.97. The predicted octanol–water partition coefficient (Wildman–Crippen LogP) is 5.20. The molecule has 3 aromatic carbocycles. The minimum atomic E-state index is 0.758. The Kier molecular flexibility index (Phi) is 4.44. The number of aryl methyl sites for hydroxylation is 1. The summed E-state index contributed by atoms with van der Waals surface area (Å²) in [5.74, 6) is 0. The zero-order valence-electron chi connectivity index (χ0n) is 12.9. The molecule has 112 valence electrons. The number of rotatable bonds is 1. The summed E-state index contributed by atoms with van der Waals surface area (Å²) >= 11 is 0. The summed E-state index contributed by atoms with van der Waals surface area (Å²) in [6.45, 7) is 2.10. The average molecular weight is 299 g/mol. The van der Waals surface area contributed by atoms with Crippen LogP contribution in [-0.2, 0) is 0 Å². The Hall–Kier alpha value is -3.00. The molecule has 1 aromatic heterocycles. The van der Waals surface area contributed by atoms with Crippen molar-refractivity contribution in [3.8, 4) is 0 Å². The van der Waals surface area contributed by atoms with Gasteiger partial charge in [0, 0.05) is 17.1 Å². The number of hydrogen-bond acceptors (Lipinski definition) is 2. The van der Waals surface area contributed by atoms with Crippen molar-refractivity contribution in [2.45, 2.75) is 6.92 Å². The van der Waals surface area contributed by atoms with Gasteiger partial charge < -0.3 is 0 Å². The molecule has 2 heteroatoms. The summed E-state index contributed by atoms with van der Waals surface area (Å²) in [6, 6.07) is 23.8. The van der Waals surface area contributed by atoms with Crippen molar-refractivity contribution in [2.75, 3.05) is 0 Å². The van der Waals surface area contributed by atoms with Crippen LogP contribution < -0.4 is 0 Å². The topological polar surface area (TPSA) is 30.0 Å². The maximum atomic E-state index is 10.6. The van der Waals surface area contributed by atoms with Gasteiger partial charge in [0.25, 0.3) is 0 Å². The third-order valence-corrected chi connectivity index (χ3v) is 3.82. The third kappa shape index (κ3) is 3.27. The van der Waals surface area contributed by atoms with Gasteiger partial charge in [0.1, 0.15) is 0 Å². The highest BCUT2D eigenvalue weighted by Crippen LogP contribution is 2.16. The van der Waals surface area contributed by atoms with Crippen LogP contribution in [0, 0.1) is 6.92 Å². The van der Waals surface area contributed by atoms with Crippen LogP contribution in [0.3, 0.4) is 0 Å². The van der Waals surface area contributed by atoms with Crippen LogP contribution in [0.25, 0.3) is 21.7 Å². The van der Waals surface area contributed by atoms with E-state index in [1.54, 1.807) is 0 Å². The summed E-state index contributed by atoms with van der Waals surface area (Å²) in [7, 11) is 0. The van der Waals surface area contributed by atoms with Gasteiger partial charge >= 0.3 is 0 Å². The molecule has 23 heavy (non-hydrogen) atoms. The first kappa shape index (κ1) is 14.9. The summed E-state index contributed by atoms with van der Waals surface area (Å²) in [5.41, 5.74) is 3.12. The molecule has 0 fully saturated rings. The number of carbonyl (C=O) groups is 1. The highest BCUT2D eigenvalue weighted by atomic mass is 16.1. The molecule has 0 saturated carbocycles. The van der Waals surface area contributed by atoms with E-state index in [1.807, 2.05) is 72.9 Å². The van der Waals surface area contributed by atoms with Crippen LogP contribution in [0.15, 0.2) is 79.0 Å². The Morgan fingerprint density at radius 1 is 0.783 bits per heavy atom. The second-order valence-electron chi connectivity index (χ2n) is 5.33. The number of para-hydroxylation sites is 1. The van der Waals surface area contributed by atoms with Crippen LogP contribution in [0.4, 0.5) is 0 Å². The first-order chi connectivity index (χ1) is 11.3. The Bertz CT molecular complexity index is 949. The molecular weight excluding hydrogens is 282 g/mol. The summed E-state index contributed by atoms with van der Waals surface area (Å²) < 4.78 is 0. The number of pyridine rings is 1. The van der Waals surface area contributed by atoms with Gasteiger partial charge in [0.2, 0.25) is 0 Å². The quantitative estimate of drug-likeness (QED) is 0.452. The second kappa shape index (κ2) is 6.84. The number of nitrogens with zero attached hydrogens (tertiary/aromatic N) is 1. The number of hydrogen-bond donors (Lipinski definition) is 0. The molecule has 0 bridgehead atoms. The van der Waals surface area contributed by atoms with E-state index < -0.39 is 0 Å². The fraction of sp³-hybridized carbons (Fsp3) is 0.0476. The van der Waals surface area contributed by atoms with Crippen LogP contribution in [-0.4, -0.2) is 11.3 Å². The van der Waals surface area contributed by atoms with Gasteiger partial charge in [-0.15, -0.1) is 0 Å². The van der Waals surface area contributed by atoms with Gasteiger partial charge in [-0.25, -0.2) is 0 Å². The van der Waals surface area contributed by atoms with Crippen molar-refractivity contribution >= 4 is 28.0 Å². The SMILES string of the molecule is Cc1ccnc2ccccc12.O=Cc1cccc2ccccc12. The molecular formula is C21H17NO. The van der Waals surface area contributed by atoms with E-state index >= 15 is 0 Å². The molecule has 0 radical (unpaired) electrons. The molecule has 2 nitrogen and oxygen atoms in total. The van der Waals surface area contributed by atoms with Gasteiger partial charge in [-0.3, -0.25) is 9.78 Å². The van der Waals surface area contributed by atoms with Crippen molar-refractivity contribution in [3.05, 3.63) is 90.1 Å². The number of aromatic nitrogens is 1. The van der Waals surface area contributed by atoms with Crippen molar-refractivity contribution in [2.24, 2.45) is 0 Å². The van der Waals surface area contributed by atoms with Crippen molar-refractivity contribution < 1.29 is 4.79 Å². The van der Waals surface area contributed by atoms with Crippen LogP contribution >= 0.6 is 0 Å². The monoisotopic (exact) mass is 299 g/mol. The molecule has 0 atom stereocenters. The van der Waals surface area contributed by atoms with E-state index in [9.17, 15) is 4.79 Å². The molecule has 1 heterocycles. The first-order valence-electron chi connectivity index (χ1n) is 7.53. The molecule has 0 saturated heterocycles. The van der Waals surface area contributed by atoms with E-state index in [-0.39, 0.29) is 0 Å². The fourth-order valence-electron chi connectivity index (χ4n) is 2.59. The van der Waals surface area contributed by atoms with Crippen LogP contribution in [0.1, 0.15) is 15.9 Å². The number of carbonyl (C=O) groups excluding carboxylic acids is 1. The lowest BCUT2D eigenvalue weighted by Gasteiger charge is -1.98. The van der Waals surface area contributed by atoms with E-state index in [0.29, 0.717) is 0 Å². The van der Waals surface area contributed by atoms with Crippen molar-refractivity contribution in [1.82, 2.24) is 4.98 Å². The largest absolute Gasteiger partial charge is 0.298 e. The lowest BCUT2D eigenvalue weighted by atomic mass is 10.1. The smallest absolute Gasteiger partial charge is 0.150 e. The Balaban J connectivity index is 0.000000136. The van der Waals surface area contributed by atoms with Crippen LogP contribution in [0.5, 0.6) is 0 Å². The first-order valence-corrected chi connectivity index (χ1v) is 7.53. The molecule has 4 rings (SSSR count). The average Bonchev–Trinajstić information content (AvgIpc) is 2.62. The molecule has 0 aliphatic rings. The summed E-state index contributed by atoms with van der Waals surface area (Å²) in [6.07, 6.45) is 2.74. The Morgan fingerprint density at radius 3 is 2.26 bits per heavy atom. The van der Waals surface area contributed by atoms with E-state index in [2.05, 4.69) is 18.0 Å². The van der Waals surface area contributed by atoms with E-state index in [0.717, 1.165) is 28.1 Å². The third-order valence-electron chi connectivity index (χ3n) is 3.82. The minimum absolute atomic E-state index is 0.758. The predicted molar refractivity (Wildman–Crippen MR) is 95.8 cm³/mol. The highest BCUT2D eigenvalue weighted by Gasteiger charge is 1.96. The van der Waals surface area contributed by atoms with E-state index in [4.69, 9.17) is 0 Å². The molecule has 4 aromatic rings. The van der Waals surface area contributed by atoms with Crippen LogP contribution in [0.2, 0.25) is 0 Å². The second-order valence-corrected chi connectivity index (χ2v) is 5.33. The lowest BCUT2D eigenvalue weighted by Crippen LogP contribution is -1.81. The zero-order chi connectivity index (χ0) is 16.1. The lowest BCUT2D eigenvalue weighted by molar-refractivity contribution is 0.112. The summed E-state index contributed by atoms with van der Waals surface area (Å²) in [4.78, 5) is 14.9. The Labute approximate surface area is 135 Å². The molecule has 0 unspecified atom stereocenters. The van der Waals surface area contributed by atoms with Crippen molar-refractivity contribution in [3.63, 3.8) is 0 Å². The fourth-order valence-corrected chi connectivity index (χ4v) is 2.59. The number of benzene rings is 3. The summed E-state index contributed by atoms with van der Waals surface area (Å²) in [5, 5.41) is 3.38. The zero-order valence-corrected chi connectivity index (χ0v) is 12.9. The molecule has 0 aliphatic heterocycles. The maximum absolute atomic E-state index is 10.6. The van der Waals surface area contributed by atoms with Gasteiger partial charge in [-0.1, -0.05) is 60.7 Å². The Morgan fingerprint density at radius 2 is 1.48 bits per heavy atom. The maximum Gasteiger partial charge on any atom is 0.150 e. The minimum Gasteiger partial charge on any atom is -0.298 e.